The first-order valence-corrected chi connectivity index (χ1v) is 8.65. The van der Waals surface area contributed by atoms with Crippen LogP contribution < -0.4 is 4.74 Å². The van der Waals surface area contributed by atoms with Crippen LogP contribution in [0.2, 0.25) is 0 Å². The van der Waals surface area contributed by atoms with Crippen LogP contribution in [0.15, 0.2) is 41.3 Å². The number of ether oxygens (including phenoxy) is 1. The Balaban J connectivity index is 1.33. The minimum atomic E-state index is 0.0698. The van der Waals surface area contributed by atoms with Gasteiger partial charge in [0.1, 0.15) is 11.5 Å². The Hall–Kier alpha value is -2.34. The van der Waals surface area contributed by atoms with Crippen LogP contribution >= 0.6 is 0 Å². The van der Waals surface area contributed by atoms with Crippen LogP contribution in [0.1, 0.15) is 22.5 Å². The lowest BCUT2D eigenvalue weighted by atomic mass is 9.84. The van der Waals surface area contributed by atoms with Gasteiger partial charge in [-0.3, -0.25) is 14.7 Å². The van der Waals surface area contributed by atoms with Crippen molar-refractivity contribution in [2.45, 2.75) is 18.9 Å². The van der Waals surface area contributed by atoms with Crippen LogP contribution in [0.3, 0.4) is 0 Å². The predicted octanol–water partition coefficient (Wildman–Crippen LogP) is 2.21. The summed E-state index contributed by atoms with van der Waals surface area (Å²) in [5.41, 5.74) is 0.767. The molecule has 2 aliphatic rings. The first-order chi connectivity index (χ1) is 12.1. The fourth-order valence-corrected chi connectivity index (χ4v) is 4.05. The highest BCUT2D eigenvalue weighted by Gasteiger charge is 2.53. The number of hydrogen-bond donors (Lipinski definition) is 0. The minimum Gasteiger partial charge on any atom is -0.492 e. The summed E-state index contributed by atoms with van der Waals surface area (Å²) >= 11 is 0. The third-order valence-electron chi connectivity index (χ3n) is 5.48. The fourth-order valence-electron chi connectivity index (χ4n) is 4.05. The van der Waals surface area contributed by atoms with E-state index >= 15 is 0 Å². The standard InChI is InChI=1S/C19H23N3O3/c1-14-17(5-7-24-14)18(23)22-12-19(13-22)8-15(10-21(19)2)11-25-16-4-3-6-20-9-16/h3-7,9,15H,8,10-13H2,1-2H3/t15-/m0/s1. The van der Waals surface area contributed by atoms with Crippen molar-refractivity contribution in [3.8, 4) is 5.75 Å². The molecule has 0 N–H and O–H groups in total. The fraction of sp³-hybridized carbons (Fsp3) is 0.474. The number of carbonyl (C=O) groups is 1. The van der Waals surface area contributed by atoms with Crippen molar-refractivity contribution in [1.29, 1.82) is 0 Å². The van der Waals surface area contributed by atoms with Crippen molar-refractivity contribution in [3.63, 3.8) is 0 Å². The Morgan fingerprint density at radius 2 is 2.28 bits per heavy atom. The minimum absolute atomic E-state index is 0.0698. The Kier molecular flexibility index (Phi) is 4.00. The van der Waals surface area contributed by atoms with E-state index in [1.54, 1.807) is 24.7 Å². The van der Waals surface area contributed by atoms with E-state index in [1.165, 1.54) is 0 Å². The monoisotopic (exact) mass is 341 g/mol. The highest BCUT2D eigenvalue weighted by atomic mass is 16.5. The highest BCUT2D eigenvalue weighted by molar-refractivity contribution is 5.95. The van der Waals surface area contributed by atoms with Gasteiger partial charge in [-0.1, -0.05) is 0 Å². The summed E-state index contributed by atoms with van der Waals surface area (Å²) in [5.74, 6) is 2.04. The molecule has 1 atom stereocenters. The summed E-state index contributed by atoms with van der Waals surface area (Å²) in [5, 5.41) is 0. The van der Waals surface area contributed by atoms with Crippen molar-refractivity contribution in [1.82, 2.24) is 14.8 Å². The lowest BCUT2D eigenvalue weighted by molar-refractivity contribution is -0.00781. The van der Waals surface area contributed by atoms with Crippen molar-refractivity contribution in [3.05, 3.63) is 48.2 Å². The molecular weight excluding hydrogens is 318 g/mol. The summed E-state index contributed by atoms with van der Waals surface area (Å²) in [6, 6.07) is 5.56. The molecule has 0 aromatic carbocycles. The zero-order valence-electron chi connectivity index (χ0n) is 14.6. The van der Waals surface area contributed by atoms with Gasteiger partial charge in [0, 0.05) is 31.7 Å². The van der Waals surface area contributed by atoms with E-state index in [-0.39, 0.29) is 11.4 Å². The molecule has 6 heteroatoms. The molecule has 0 aliphatic carbocycles. The second-order valence-corrected chi connectivity index (χ2v) is 7.23. The first kappa shape index (κ1) is 16.1. The molecule has 6 nitrogen and oxygen atoms in total. The lowest BCUT2D eigenvalue weighted by Crippen LogP contribution is -2.68. The molecule has 25 heavy (non-hydrogen) atoms. The largest absolute Gasteiger partial charge is 0.492 e. The van der Waals surface area contributed by atoms with E-state index in [1.807, 2.05) is 24.0 Å². The third-order valence-corrected chi connectivity index (χ3v) is 5.48. The van der Waals surface area contributed by atoms with Crippen molar-refractivity contribution >= 4 is 5.91 Å². The smallest absolute Gasteiger partial charge is 0.257 e. The molecule has 2 aromatic rings. The Bertz CT molecular complexity index is 752. The second-order valence-electron chi connectivity index (χ2n) is 7.23. The van der Waals surface area contributed by atoms with Gasteiger partial charge in [0.25, 0.3) is 5.91 Å². The van der Waals surface area contributed by atoms with Crippen LogP contribution in [0.5, 0.6) is 5.75 Å². The van der Waals surface area contributed by atoms with Gasteiger partial charge in [-0.05, 0) is 38.6 Å². The number of furan rings is 1. The number of amides is 1. The van der Waals surface area contributed by atoms with E-state index in [9.17, 15) is 4.79 Å². The van der Waals surface area contributed by atoms with Crippen LogP contribution in [0.4, 0.5) is 0 Å². The van der Waals surface area contributed by atoms with Gasteiger partial charge in [-0.15, -0.1) is 0 Å². The van der Waals surface area contributed by atoms with Gasteiger partial charge in [-0.25, -0.2) is 0 Å². The molecule has 2 aromatic heterocycles. The van der Waals surface area contributed by atoms with Gasteiger partial charge >= 0.3 is 0 Å². The summed E-state index contributed by atoms with van der Waals surface area (Å²) in [6.45, 7) is 5.06. The maximum absolute atomic E-state index is 12.6. The van der Waals surface area contributed by atoms with E-state index in [0.717, 1.165) is 31.8 Å². The topological polar surface area (TPSA) is 58.8 Å². The van der Waals surface area contributed by atoms with Crippen LogP contribution in [-0.2, 0) is 0 Å². The van der Waals surface area contributed by atoms with Crippen LogP contribution in [0.25, 0.3) is 0 Å². The number of rotatable bonds is 4. The third kappa shape index (κ3) is 2.91. The normalized spacial score (nSPS) is 22.2. The Morgan fingerprint density at radius 1 is 1.44 bits per heavy atom. The quantitative estimate of drug-likeness (QED) is 0.853. The maximum atomic E-state index is 12.6. The second kappa shape index (κ2) is 6.19. The number of hydrogen-bond acceptors (Lipinski definition) is 5. The summed E-state index contributed by atoms with van der Waals surface area (Å²) in [7, 11) is 2.15. The molecular formula is C19H23N3O3. The van der Waals surface area contributed by atoms with Gasteiger partial charge in [0.2, 0.25) is 0 Å². The maximum Gasteiger partial charge on any atom is 0.257 e. The number of pyridine rings is 1. The molecule has 4 rings (SSSR count). The van der Waals surface area contributed by atoms with Crippen LogP contribution in [-0.4, -0.2) is 59.5 Å². The molecule has 132 valence electrons. The summed E-state index contributed by atoms with van der Waals surface area (Å²) < 4.78 is 11.1. The molecule has 2 saturated heterocycles. The molecule has 0 unspecified atom stereocenters. The molecule has 0 radical (unpaired) electrons. The molecule has 0 saturated carbocycles. The first-order valence-electron chi connectivity index (χ1n) is 8.65. The zero-order valence-corrected chi connectivity index (χ0v) is 14.6. The van der Waals surface area contributed by atoms with Gasteiger partial charge in [0.15, 0.2) is 0 Å². The van der Waals surface area contributed by atoms with Crippen molar-refractivity contribution in [2.24, 2.45) is 5.92 Å². The number of likely N-dealkylation sites (N-methyl/N-ethyl adjacent to an activating group) is 1. The predicted molar refractivity (Wildman–Crippen MR) is 92.5 cm³/mol. The number of aryl methyl sites for hydroxylation is 1. The lowest BCUT2D eigenvalue weighted by Gasteiger charge is -2.51. The Morgan fingerprint density at radius 3 is 2.96 bits per heavy atom. The number of carbonyl (C=O) groups excluding carboxylic acids is 1. The molecule has 4 heterocycles. The van der Waals surface area contributed by atoms with E-state index in [0.29, 0.717) is 23.8 Å². The van der Waals surface area contributed by atoms with Gasteiger partial charge in [-0.2, -0.15) is 0 Å². The summed E-state index contributed by atoms with van der Waals surface area (Å²) in [6.07, 6.45) is 6.11. The van der Waals surface area contributed by atoms with Crippen molar-refractivity contribution < 1.29 is 13.9 Å². The van der Waals surface area contributed by atoms with E-state index in [2.05, 4.69) is 16.9 Å². The molecule has 1 spiro atoms. The molecule has 2 fully saturated rings. The van der Waals surface area contributed by atoms with Gasteiger partial charge < -0.3 is 14.1 Å². The Labute approximate surface area is 147 Å². The highest BCUT2D eigenvalue weighted by Crippen LogP contribution is 2.40. The molecule has 1 amide bonds. The van der Waals surface area contributed by atoms with E-state index in [4.69, 9.17) is 9.15 Å². The van der Waals surface area contributed by atoms with Gasteiger partial charge in [0.05, 0.1) is 30.2 Å². The van der Waals surface area contributed by atoms with Crippen LogP contribution in [0, 0.1) is 12.8 Å². The molecule has 2 aliphatic heterocycles. The number of likely N-dealkylation sites (tertiary alicyclic amines) is 2. The number of nitrogens with zero attached hydrogens (tertiary/aromatic N) is 3. The van der Waals surface area contributed by atoms with Crippen molar-refractivity contribution in [2.75, 3.05) is 33.3 Å². The number of aromatic nitrogens is 1. The molecule has 0 bridgehead atoms. The van der Waals surface area contributed by atoms with E-state index < -0.39 is 0 Å². The zero-order chi connectivity index (χ0) is 17.4. The average molecular weight is 341 g/mol. The summed E-state index contributed by atoms with van der Waals surface area (Å²) in [4.78, 5) is 20.9. The average Bonchev–Trinajstić information content (AvgIpc) is 3.15. The SMILES string of the molecule is Cc1occc1C(=O)N1CC2(C[C@H](COc3cccnc3)CN2C)C1.